The quantitative estimate of drug-likeness (QED) is 0.0778. The number of allylic oxidation sites excluding steroid dienone is 5. The van der Waals surface area contributed by atoms with Gasteiger partial charge in [-0.25, -0.2) is 9.59 Å². The van der Waals surface area contributed by atoms with Crippen molar-refractivity contribution in [2.45, 2.75) is 66.2 Å². The van der Waals surface area contributed by atoms with E-state index in [1.807, 2.05) is 60.7 Å². The van der Waals surface area contributed by atoms with Gasteiger partial charge in [0.25, 0.3) is 0 Å². The van der Waals surface area contributed by atoms with E-state index >= 15 is 0 Å². The number of rotatable bonds is 18. The molecule has 0 aliphatic rings. The van der Waals surface area contributed by atoms with Crippen molar-refractivity contribution < 1.29 is 33.3 Å². The lowest BCUT2D eigenvalue weighted by Gasteiger charge is -2.16. The van der Waals surface area contributed by atoms with Crippen LogP contribution in [0.15, 0.2) is 102 Å². The van der Waals surface area contributed by atoms with Crippen LogP contribution in [0.25, 0.3) is 0 Å². The van der Waals surface area contributed by atoms with Gasteiger partial charge in [-0.3, -0.25) is 0 Å². The van der Waals surface area contributed by atoms with Crippen molar-refractivity contribution in [3.63, 3.8) is 0 Å². The van der Waals surface area contributed by atoms with Gasteiger partial charge in [-0.15, -0.1) is 0 Å². The monoisotopic (exact) mass is 640 g/mol. The van der Waals surface area contributed by atoms with E-state index in [9.17, 15) is 9.59 Å². The molecule has 7 heteroatoms. The van der Waals surface area contributed by atoms with Crippen LogP contribution in [0.2, 0.25) is 0 Å². The molecule has 47 heavy (non-hydrogen) atoms. The third-order valence-electron chi connectivity index (χ3n) is 7.42. The molecule has 0 aliphatic carbocycles. The molecule has 250 valence electrons. The van der Waals surface area contributed by atoms with Gasteiger partial charge < -0.3 is 23.7 Å². The maximum absolute atomic E-state index is 12.8. The maximum atomic E-state index is 12.8. The van der Waals surface area contributed by atoms with Crippen LogP contribution in [0.4, 0.5) is 0 Å². The summed E-state index contributed by atoms with van der Waals surface area (Å²) in [5, 5.41) is 0. The number of aryl methyl sites for hydroxylation is 1. The molecule has 0 bridgehead atoms. The van der Waals surface area contributed by atoms with Gasteiger partial charge in [-0.1, -0.05) is 59.2 Å². The van der Waals surface area contributed by atoms with E-state index in [4.69, 9.17) is 23.7 Å². The number of carbonyl (C=O) groups excluding carboxylic acids is 2. The van der Waals surface area contributed by atoms with Crippen molar-refractivity contribution in [1.29, 1.82) is 0 Å². The van der Waals surface area contributed by atoms with Crippen molar-refractivity contribution >= 4 is 11.9 Å². The molecule has 0 unspecified atom stereocenters. The van der Waals surface area contributed by atoms with Gasteiger partial charge in [-0.2, -0.15) is 0 Å². The Morgan fingerprint density at radius 2 is 1.36 bits per heavy atom. The number of methoxy groups -OCH3 is 2. The fraction of sp³-hybridized carbons (Fsp3) is 0.350. The molecule has 0 spiro atoms. The number of benzene rings is 3. The first kappa shape index (κ1) is 36.7. The highest BCUT2D eigenvalue weighted by Crippen LogP contribution is 2.31. The first-order valence-corrected chi connectivity index (χ1v) is 16.1. The molecule has 0 saturated heterocycles. The number of esters is 2. The average Bonchev–Trinajstić information content (AvgIpc) is 3.06. The minimum atomic E-state index is -0.695. The molecule has 0 radical (unpaired) electrons. The highest BCUT2D eigenvalue weighted by Gasteiger charge is 2.25. The second-order valence-electron chi connectivity index (χ2n) is 11.6. The van der Waals surface area contributed by atoms with Crippen LogP contribution in [-0.4, -0.2) is 39.4 Å². The lowest BCUT2D eigenvalue weighted by Crippen LogP contribution is -2.15. The molecule has 0 atom stereocenters. The number of hydrogen-bond acceptors (Lipinski definition) is 7. The number of carbonyl (C=O) groups is 2. The smallest absolute Gasteiger partial charge is 0.342 e. The van der Waals surface area contributed by atoms with Gasteiger partial charge in [0.05, 0.1) is 26.4 Å². The maximum Gasteiger partial charge on any atom is 0.342 e. The normalized spacial score (nSPS) is 11.4. The summed E-state index contributed by atoms with van der Waals surface area (Å²) >= 11 is 0. The number of hydrogen-bond donors (Lipinski definition) is 0. The Kier molecular flexibility index (Phi) is 15.4. The van der Waals surface area contributed by atoms with Crippen LogP contribution in [0.5, 0.6) is 23.0 Å². The van der Waals surface area contributed by atoms with Crippen LogP contribution in [-0.2, 0) is 15.9 Å². The molecular weight excluding hydrogens is 592 g/mol. The van der Waals surface area contributed by atoms with E-state index in [0.29, 0.717) is 18.8 Å². The van der Waals surface area contributed by atoms with E-state index in [-0.39, 0.29) is 23.5 Å². The van der Waals surface area contributed by atoms with E-state index < -0.39 is 11.9 Å². The van der Waals surface area contributed by atoms with Crippen LogP contribution >= 0.6 is 0 Å². The molecule has 0 fully saturated rings. The van der Waals surface area contributed by atoms with Crippen molar-refractivity contribution in [2.75, 3.05) is 27.4 Å². The zero-order valence-electron chi connectivity index (χ0n) is 28.6. The number of para-hydroxylation sites is 1. The van der Waals surface area contributed by atoms with Crippen molar-refractivity contribution in [1.82, 2.24) is 0 Å². The fourth-order valence-electron chi connectivity index (χ4n) is 4.84. The van der Waals surface area contributed by atoms with E-state index in [1.165, 1.54) is 31.4 Å². The second kappa shape index (κ2) is 19.7. The minimum Gasteiger partial charge on any atom is -0.493 e. The zero-order valence-corrected chi connectivity index (χ0v) is 28.6. The minimum absolute atomic E-state index is 0.00269. The summed E-state index contributed by atoms with van der Waals surface area (Å²) in [6.45, 7) is 9.05. The lowest BCUT2D eigenvalue weighted by molar-refractivity contribution is 0.0551. The lowest BCUT2D eigenvalue weighted by atomic mass is 10.1. The zero-order chi connectivity index (χ0) is 34.0. The largest absolute Gasteiger partial charge is 0.493 e. The van der Waals surface area contributed by atoms with Gasteiger partial charge >= 0.3 is 11.9 Å². The van der Waals surface area contributed by atoms with Gasteiger partial charge in [0.15, 0.2) is 0 Å². The third-order valence-corrected chi connectivity index (χ3v) is 7.42. The van der Waals surface area contributed by atoms with Gasteiger partial charge in [0.2, 0.25) is 0 Å². The molecular formula is C40H48O7. The Hall–Kier alpha value is -4.78. The molecule has 7 nitrogen and oxygen atoms in total. The average molecular weight is 641 g/mol. The van der Waals surface area contributed by atoms with Gasteiger partial charge in [0, 0.05) is 6.07 Å². The summed E-state index contributed by atoms with van der Waals surface area (Å²) in [4.78, 5) is 25.5. The van der Waals surface area contributed by atoms with Crippen molar-refractivity contribution in [3.05, 3.63) is 118 Å². The molecule has 3 rings (SSSR count). The third kappa shape index (κ3) is 12.9. The van der Waals surface area contributed by atoms with Crippen molar-refractivity contribution in [3.8, 4) is 23.0 Å². The Morgan fingerprint density at radius 1 is 0.681 bits per heavy atom. The summed E-state index contributed by atoms with van der Waals surface area (Å²) in [6.07, 6.45) is 11.9. The molecule has 0 aromatic heterocycles. The molecule has 0 heterocycles. The highest BCUT2D eigenvalue weighted by atomic mass is 16.5. The predicted molar refractivity (Wildman–Crippen MR) is 187 cm³/mol. The first-order valence-electron chi connectivity index (χ1n) is 16.1. The van der Waals surface area contributed by atoms with E-state index in [1.54, 1.807) is 6.07 Å². The van der Waals surface area contributed by atoms with Crippen molar-refractivity contribution in [2.24, 2.45) is 0 Å². The van der Waals surface area contributed by atoms with Crippen LogP contribution < -0.4 is 14.2 Å². The Balaban J connectivity index is 1.65. The van der Waals surface area contributed by atoms with Crippen LogP contribution in [0.3, 0.4) is 0 Å². The van der Waals surface area contributed by atoms with Crippen LogP contribution in [0.1, 0.15) is 86.1 Å². The Bertz CT molecular complexity index is 1550. The summed E-state index contributed by atoms with van der Waals surface area (Å²) in [6, 6.07) is 20.7. The summed E-state index contributed by atoms with van der Waals surface area (Å²) in [7, 11) is 2.52. The number of ether oxygens (including phenoxy) is 5. The van der Waals surface area contributed by atoms with E-state index in [2.05, 4.69) is 39.8 Å². The van der Waals surface area contributed by atoms with E-state index in [0.717, 1.165) is 54.7 Å². The molecule has 0 N–H and O–H groups in total. The second-order valence-corrected chi connectivity index (χ2v) is 11.6. The summed E-state index contributed by atoms with van der Waals surface area (Å²) in [5.74, 6) is 0.752. The predicted octanol–water partition coefficient (Wildman–Crippen LogP) is 9.86. The molecule has 3 aromatic rings. The Morgan fingerprint density at radius 3 is 2.06 bits per heavy atom. The molecule has 0 amide bonds. The summed E-state index contributed by atoms with van der Waals surface area (Å²) < 4.78 is 28.0. The van der Waals surface area contributed by atoms with Gasteiger partial charge in [-0.05, 0) is 108 Å². The molecule has 0 aliphatic heterocycles. The topological polar surface area (TPSA) is 80.3 Å². The fourth-order valence-corrected chi connectivity index (χ4v) is 4.84. The molecule has 0 saturated carbocycles. The highest BCUT2D eigenvalue weighted by molar-refractivity contribution is 6.05. The first-order chi connectivity index (χ1) is 22.7. The standard InChI is InChI=1S/C40H48O7/c1-29(2)14-10-15-30(3)16-11-17-31(4)23-25-46-37-28-35(27-36(39(41)43-5)38(37)40(42)44-6)45-24-13-19-32-18-12-22-34(26-32)47-33-20-8-7-9-21-33/h7-9,12,14,16,18,20-23,26-28H,10-11,13,15,17,19,24-25H2,1-6H3. The molecule has 3 aromatic carbocycles. The summed E-state index contributed by atoms with van der Waals surface area (Å²) in [5.41, 5.74) is 5.02. The SMILES string of the molecule is COC(=O)c1cc(OCCCc2cccc(Oc3ccccc3)c2)cc(OCC=C(C)CCC=C(C)CCC=C(C)C)c1C(=O)OC. The Labute approximate surface area is 279 Å². The van der Waals surface area contributed by atoms with Gasteiger partial charge in [0.1, 0.15) is 35.2 Å². The van der Waals surface area contributed by atoms with Crippen LogP contribution in [0, 0.1) is 0 Å².